The number of benzene rings is 1. The van der Waals surface area contributed by atoms with Crippen molar-refractivity contribution in [2.75, 3.05) is 7.05 Å². The van der Waals surface area contributed by atoms with Crippen molar-refractivity contribution in [2.45, 2.75) is 20.4 Å². The van der Waals surface area contributed by atoms with Crippen LogP contribution in [0.2, 0.25) is 0 Å². The van der Waals surface area contributed by atoms with Crippen molar-refractivity contribution in [1.29, 1.82) is 0 Å². The molecule has 7 nitrogen and oxygen atoms in total. The van der Waals surface area contributed by atoms with E-state index in [-0.39, 0.29) is 12.5 Å². The Balaban J connectivity index is 1.58. The number of thiophene rings is 1. The normalized spacial score (nSPS) is 11.1. The van der Waals surface area contributed by atoms with E-state index in [0.717, 1.165) is 27.3 Å². The Bertz CT molecular complexity index is 1120. The fraction of sp³-hybridized carbons (Fsp3) is 0.211. The summed E-state index contributed by atoms with van der Waals surface area (Å²) in [6, 6.07) is 9.44. The van der Waals surface area contributed by atoms with Crippen LogP contribution in [-0.2, 0) is 6.54 Å². The Morgan fingerprint density at radius 1 is 1.11 bits per heavy atom. The van der Waals surface area contributed by atoms with E-state index in [1.54, 1.807) is 30.2 Å². The van der Waals surface area contributed by atoms with E-state index in [2.05, 4.69) is 20.2 Å². The summed E-state index contributed by atoms with van der Waals surface area (Å²) in [4.78, 5) is 23.2. The van der Waals surface area contributed by atoms with Gasteiger partial charge in [-0.25, -0.2) is 9.97 Å². The molecule has 1 aromatic carbocycles. The average molecular weight is 379 g/mol. The first kappa shape index (κ1) is 17.3. The molecule has 0 saturated carbocycles. The maximum atomic E-state index is 12.6. The van der Waals surface area contributed by atoms with Gasteiger partial charge in [-0.2, -0.15) is 0 Å². The Morgan fingerprint density at radius 2 is 1.89 bits per heavy atom. The fourth-order valence-corrected chi connectivity index (χ4v) is 3.69. The van der Waals surface area contributed by atoms with Crippen molar-refractivity contribution >= 4 is 27.5 Å². The van der Waals surface area contributed by atoms with Crippen LogP contribution in [0.4, 0.5) is 0 Å². The third kappa shape index (κ3) is 3.43. The van der Waals surface area contributed by atoms with Crippen LogP contribution in [0.5, 0.6) is 0 Å². The van der Waals surface area contributed by atoms with Crippen molar-refractivity contribution in [3.63, 3.8) is 0 Å². The van der Waals surface area contributed by atoms with Crippen LogP contribution in [0.15, 0.2) is 40.1 Å². The van der Waals surface area contributed by atoms with Gasteiger partial charge >= 0.3 is 0 Å². The highest BCUT2D eigenvalue weighted by Crippen LogP contribution is 2.30. The number of fused-ring (bicyclic) bond motifs is 1. The minimum Gasteiger partial charge on any atom is -0.424 e. The second kappa shape index (κ2) is 6.88. The number of amides is 1. The third-order valence-corrected chi connectivity index (χ3v) is 5.02. The molecule has 0 aliphatic rings. The largest absolute Gasteiger partial charge is 0.424 e. The highest BCUT2D eigenvalue weighted by Gasteiger charge is 2.16. The van der Waals surface area contributed by atoms with Gasteiger partial charge in [0.25, 0.3) is 5.91 Å². The van der Waals surface area contributed by atoms with Gasteiger partial charge in [0.1, 0.15) is 5.82 Å². The lowest BCUT2D eigenvalue weighted by molar-refractivity contribution is 0.0772. The second-order valence-corrected chi connectivity index (χ2v) is 7.12. The van der Waals surface area contributed by atoms with E-state index in [1.165, 1.54) is 0 Å². The maximum Gasteiger partial charge on any atom is 0.254 e. The fourth-order valence-electron chi connectivity index (χ4n) is 2.84. The first-order chi connectivity index (χ1) is 13.0. The molecule has 0 spiro atoms. The van der Waals surface area contributed by atoms with Gasteiger partial charge in [-0.1, -0.05) is 12.1 Å². The Morgan fingerprint density at radius 3 is 2.59 bits per heavy atom. The summed E-state index contributed by atoms with van der Waals surface area (Å²) in [5.74, 6) is 1.51. The predicted octanol–water partition coefficient (Wildman–Crippen LogP) is 3.63. The van der Waals surface area contributed by atoms with E-state index < -0.39 is 0 Å². The van der Waals surface area contributed by atoms with Crippen molar-refractivity contribution < 1.29 is 9.21 Å². The van der Waals surface area contributed by atoms with Gasteiger partial charge in [0.05, 0.1) is 22.5 Å². The summed E-state index contributed by atoms with van der Waals surface area (Å²) in [5, 5.41) is 9.71. The van der Waals surface area contributed by atoms with Crippen molar-refractivity contribution in [3.05, 3.63) is 58.9 Å². The zero-order valence-electron chi connectivity index (χ0n) is 15.1. The lowest BCUT2D eigenvalue weighted by atomic mass is 10.1. The molecule has 3 heterocycles. The number of nitrogens with zero attached hydrogens (tertiary/aromatic N) is 5. The molecule has 8 heteroatoms. The third-order valence-electron chi connectivity index (χ3n) is 4.11. The van der Waals surface area contributed by atoms with Gasteiger partial charge in [-0.3, -0.25) is 4.79 Å². The van der Waals surface area contributed by atoms with Crippen LogP contribution in [-0.4, -0.2) is 38.0 Å². The van der Waals surface area contributed by atoms with Gasteiger partial charge in [-0.05, 0) is 30.5 Å². The molecule has 0 bridgehead atoms. The minimum absolute atomic E-state index is 0.113. The number of aromatic nitrogens is 4. The number of aryl methyl sites for hydroxylation is 2. The summed E-state index contributed by atoms with van der Waals surface area (Å²) in [6.07, 6.45) is 0. The highest BCUT2D eigenvalue weighted by atomic mass is 32.1. The molecule has 0 aliphatic heterocycles. The molecule has 27 heavy (non-hydrogen) atoms. The second-order valence-electron chi connectivity index (χ2n) is 6.21. The number of carbonyl (C=O) groups is 1. The molecule has 1 amide bonds. The SMILES string of the molecule is Cc1nc(-c2ccc(C(=O)N(C)Cc3nnc(C)o3)cc2)c2sccc2n1. The summed E-state index contributed by atoms with van der Waals surface area (Å²) in [5.41, 5.74) is 3.38. The predicted molar refractivity (Wildman–Crippen MR) is 102 cm³/mol. The van der Waals surface area contributed by atoms with Gasteiger partial charge < -0.3 is 9.32 Å². The first-order valence-corrected chi connectivity index (χ1v) is 9.26. The van der Waals surface area contributed by atoms with E-state index >= 15 is 0 Å². The van der Waals surface area contributed by atoms with E-state index in [9.17, 15) is 4.79 Å². The molecule has 4 aromatic rings. The molecule has 0 unspecified atom stereocenters. The summed E-state index contributed by atoms with van der Waals surface area (Å²) >= 11 is 1.61. The summed E-state index contributed by atoms with van der Waals surface area (Å²) < 4.78 is 6.38. The molecule has 136 valence electrons. The van der Waals surface area contributed by atoms with Crippen LogP contribution >= 0.6 is 11.3 Å². The van der Waals surface area contributed by atoms with Crippen molar-refractivity contribution in [1.82, 2.24) is 25.1 Å². The van der Waals surface area contributed by atoms with Crippen LogP contribution in [0, 0.1) is 13.8 Å². The van der Waals surface area contributed by atoms with Crippen LogP contribution in [0.1, 0.15) is 28.0 Å². The van der Waals surface area contributed by atoms with Crippen LogP contribution < -0.4 is 0 Å². The average Bonchev–Trinajstić information content (AvgIpc) is 3.29. The molecule has 0 saturated heterocycles. The van der Waals surface area contributed by atoms with E-state index in [1.807, 2.05) is 42.6 Å². The number of rotatable bonds is 4. The topological polar surface area (TPSA) is 85.0 Å². The van der Waals surface area contributed by atoms with Gasteiger partial charge in [0.2, 0.25) is 11.8 Å². The molecule has 0 radical (unpaired) electrons. The standard InChI is InChI=1S/C19H17N5O2S/c1-11-20-15-8-9-27-18(15)17(21-11)13-4-6-14(7-5-13)19(25)24(3)10-16-23-22-12(2)26-16/h4-9H,10H2,1-3H3. The van der Waals surface area contributed by atoms with Crippen molar-refractivity contribution in [3.8, 4) is 11.3 Å². The van der Waals surface area contributed by atoms with Crippen LogP contribution in [0.3, 0.4) is 0 Å². The molecule has 0 atom stereocenters. The zero-order valence-corrected chi connectivity index (χ0v) is 15.9. The highest BCUT2D eigenvalue weighted by molar-refractivity contribution is 7.17. The lowest BCUT2D eigenvalue weighted by Gasteiger charge is -2.15. The van der Waals surface area contributed by atoms with Gasteiger partial charge in [0.15, 0.2) is 0 Å². The molecule has 0 aliphatic carbocycles. The molecule has 0 N–H and O–H groups in total. The summed E-state index contributed by atoms with van der Waals surface area (Å²) in [7, 11) is 1.71. The lowest BCUT2D eigenvalue weighted by Crippen LogP contribution is -2.26. The Labute approximate surface area is 159 Å². The Kier molecular flexibility index (Phi) is 4.41. The molecular weight excluding hydrogens is 362 g/mol. The number of hydrogen-bond donors (Lipinski definition) is 0. The summed E-state index contributed by atoms with van der Waals surface area (Å²) in [6.45, 7) is 3.87. The number of hydrogen-bond acceptors (Lipinski definition) is 7. The smallest absolute Gasteiger partial charge is 0.254 e. The van der Waals surface area contributed by atoms with E-state index in [4.69, 9.17) is 4.42 Å². The van der Waals surface area contributed by atoms with E-state index in [0.29, 0.717) is 17.3 Å². The minimum atomic E-state index is -0.113. The monoisotopic (exact) mass is 379 g/mol. The molecular formula is C19H17N5O2S. The molecule has 3 aromatic heterocycles. The van der Waals surface area contributed by atoms with Gasteiger partial charge in [-0.15, -0.1) is 21.5 Å². The Hall–Kier alpha value is -3.13. The molecule has 0 fully saturated rings. The number of carbonyl (C=O) groups excluding carboxylic acids is 1. The maximum absolute atomic E-state index is 12.6. The van der Waals surface area contributed by atoms with Crippen LogP contribution in [0.25, 0.3) is 21.5 Å². The quantitative estimate of drug-likeness (QED) is 0.538. The molecule has 4 rings (SSSR count). The zero-order chi connectivity index (χ0) is 19.0. The first-order valence-electron chi connectivity index (χ1n) is 8.38. The van der Waals surface area contributed by atoms with Crippen molar-refractivity contribution in [2.24, 2.45) is 0 Å². The van der Waals surface area contributed by atoms with Gasteiger partial charge in [0, 0.05) is 25.1 Å².